The summed E-state index contributed by atoms with van der Waals surface area (Å²) in [6.45, 7) is 0. The van der Waals surface area contributed by atoms with Crippen LogP contribution in [0.3, 0.4) is 0 Å². The lowest BCUT2D eigenvalue weighted by molar-refractivity contribution is -0.134. The molecular weight excluding hydrogens is 372 g/mol. The van der Waals surface area contributed by atoms with Crippen molar-refractivity contribution in [3.05, 3.63) is 77.1 Å². The molecule has 3 N–H and O–H groups in total. The number of allylic oxidation sites excluding steroid dienone is 1. The van der Waals surface area contributed by atoms with E-state index in [1.807, 2.05) is 0 Å². The average Bonchev–Trinajstić information content (AvgIpc) is 3.19. The zero-order chi connectivity index (χ0) is 19.8. The Labute approximate surface area is 156 Å². The molecule has 28 heavy (non-hydrogen) atoms. The van der Waals surface area contributed by atoms with E-state index in [-0.39, 0.29) is 11.4 Å². The molecule has 1 aliphatic rings. The minimum absolute atomic E-state index is 0.236. The van der Waals surface area contributed by atoms with E-state index in [1.54, 1.807) is 24.5 Å². The van der Waals surface area contributed by atoms with Crippen LogP contribution in [0, 0.1) is 11.6 Å². The second kappa shape index (κ2) is 6.62. The van der Waals surface area contributed by atoms with Gasteiger partial charge in [-0.05, 0) is 30.3 Å². The highest BCUT2D eigenvalue weighted by molar-refractivity contribution is 6.26. The Morgan fingerprint density at radius 1 is 1.29 bits per heavy atom. The minimum Gasteiger partial charge on any atom is -0.477 e. The minimum atomic E-state index is -1.54. The Morgan fingerprint density at radius 3 is 2.86 bits per heavy atom. The molecule has 140 valence electrons. The maximum atomic E-state index is 13.9. The van der Waals surface area contributed by atoms with E-state index in [1.165, 1.54) is 6.08 Å². The first-order valence-electron chi connectivity index (χ1n) is 8.00. The van der Waals surface area contributed by atoms with Crippen LogP contribution in [-0.2, 0) is 14.3 Å². The largest absolute Gasteiger partial charge is 0.477 e. The second-order valence-electron chi connectivity index (χ2n) is 5.84. The first-order chi connectivity index (χ1) is 13.4. The molecule has 0 radical (unpaired) electrons. The Hall–Kier alpha value is -4.01. The van der Waals surface area contributed by atoms with Crippen LogP contribution >= 0.6 is 0 Å². The molecule has 0 amide bonds. The highest BCUT2D eigenvalue weighted by Crippen LogP contribution is 2.30. The molecule has 7 nitrogen and oxygen atoms in total. The van der Waals surface area contributed by atoms with Crippen LogP contribution in [0.1, 0.15) is 5.56 Å². The number of aromatic amines is 1. The number of Topliss-reactive ketones (excluding diaryl/α,β-unsaturated/α-hetero) is 1. The van der Waals surface area contributed by atoms with Gasteiger partial charge < -0.3 is 20.1 Å². The summed E-state index contributed by atoms with van der Waals surface area (Å²) in [5.41, 5.74) is 0.219. The molecule has 0 atom stereocenters. The van der Waals surface area contributed by atoms with Gasteiger partial charge in [0.2, 0.25) is 11.7 Å². The number of nitrogens with zero attached hydrogens (tertiary/aromatic N) is 1. The van der Waals surface area contributed by atoms with Crippen molar-refractivity contribution >= 4 is 34.5 Å². The van der Waals surface area contributed by atoms with Gasteiger partial charge in [0.05, 0.1) is 5.69 Å². The number of anilines is 1. The summed E-state index contributed by atoms with van der Waals surface area (Å²) in [6, 6.07) is 6.15. The normalized spacial score (nSPS) is 15.4. The number of aromatic nitrogens is 2. The fourth-order valence-corrected chi connectivity index (χ4v) is 2.76. The van der Waals surface area contributed by atoms with Crippen molar-refractivity contribution in [3.63, 3.8) is 0 Å². The monoisotopic (exact) mass is 383 g/mol. The number of ether oxygens (including phenoxy) is 1. The number of carboxylic acids is 1. The number of pyridine rings is 1. The van der Waals surface area contributed by atoms with Gasteiger partial charge in [0, 0.05) is 29.4 Å². The van der Waals surface area contributed by atoms with E-state index >= 15 is 0 Å². The lowest BCUT2D eigenvalue weighted by atomic mass is 10.1. The number of ketones is 1. The fraction of sp³-hybridized carbons (Fsp3) is 0. The van der Waals surface area contributed by atoms with E-state index in [9.17, 15) is 23.5 Å². The number of rotatable bonds is 4. The standard InChI is InChI=1S/C19H11F2N3O4/c20-10-3-4-13(12(21)7-10)24-18-15(19(26)27)16(25)14(28-18)6-9-8-23-17-11(9)2-1-5-22-17/h1-8,24H,(H,22,23)(H,26,27). The molecule has 0 saturated carbocycles. The topological polar surface area (TPSA) is 104 Å². The van der Waals surface area contributed by atoms with Gasteiger partial charge >= 0.3 is 5.97 Å². The zero-order valence-electron chi connectivity index (χ0n) is 14.0. The number of halogens is 2. The number of hydrogen-bond donors (Lipinski definition) is 3. The second-order valence-corrected chi connectivity index (χ2v) is 5.84. The summed E-state index contributed by atoms with van der Waals surface area (Å²) in [7, 11) is 0. The molecule has 0 aliphatic carbocycles. The Morgan fingerprint density at radius 2 is 2.11 bits per heavy atom. The number of fused-ring (bicyclic) bond motifs is 1. The van der Waals surface area contributed by atoms with Crippen molar-refractivity contribution in [1.29, 1.82) is 0 Å². The lowest BCUT2D eigenvalue weighted by Gasteiger charge is -2.09. The Balaban J connectivity index is 1.71. The first-order valence-corrected chi connectivity index (χ1v) is 8.00. The summed E-state index contributed by atoms with van der Waals surface area (Å²) < 4.78 is 32.3. The van der Waals surface area contributed by atoms with Crippen molar-refractivity contribution in [3.8, 4) is 0 Å². The van der Waals surface area contributed by atoms with Gasteiger partial charge in [-0.25, -0.2) is 18.6 Å². The molecule has 4 rings (SSSR count). The van der Waals surface area contributed by atoms with E-state index < -0.39 is 34.8 Å². The van der Waals surface area contributed by atoms with Gasteiger partial charge in [0.25, 0.3) is 0 Å². The molecule has 9 heteroatoms. The Kier molecular flexibility index (Phi) is 4.11. The summed E-state index contributed by atoms with van der Waals surface area (Å²) in [4.78, 5) is 31.1. The van der Waals surface area contributed by atoms with Crippen molar-refractivity contribution in [2.45, 2.75) is 0 Å². The number of nitrogens with one attached hydrogen (secondary N) is 2. The fourth-order valence-electron chi connectivity index (χ4n) is 2.76. The summed E-state index contributed by atoms with van der Waals surface area (Å²) in [6.07, 6.45) is 4.55. The third-order valence-corrected chi connectivity index (χ3v) is 4.05. The van der Waals surface area contributed by atoms with E-state index in [2.05, 4.69) is 15.3 Å². The molecule has 0 bridgehead atoms. The quantitative estimate of drug-likeness (QED) is 0.472. The van der Waals surface area contributed by atoms with Crippen LogP contribution in [-0.4, -0.2) is 26.8 Å². The smallest absolute Gasteiger partial charge is 0.345 e. The molecule has 1 aliphatic heterocycles. The van der Waals surface area contributed by atoms with Crippen molar-refractivity contribution in [1.82, 2.24) is 9.97 Å². The van der Waals surface area contributed by atoms with E-state index in [0.717, 1.165) is 12.1 Å². The third-order valence-electron chi connectivity index (χ3n) is 4.05. The molecule has 1 aromatic carbocycles. The molecular formula is C19H11F2N3O4. The van der Waals surface area contributed by atoms with Crippen LogP contribution in [0.4, 0.5) is 14.5 Å². The van der Waals surface area contributed by atoms with Crippen LogP contribution < -0.4 is 5.32 Å². The summed E-state index contributed by atoms with van der Waals surface area (Å²) in [5.74, 6) is -4.89. The number of carbonyl (C=O) groups excluding carboxylic acids is 1. The molecule has 0 spiro atoms. The number of aliphatic carboxylic acids is 1. The Bertz CT molecular complexity index is 1200. The van der Waals surface area contributed by atoms with Crippen molar-refractivity contribution < 1.29 is 28.2 Å². The SMILES string of the molecule is O=C(O)C1=C(Nc2ccc(F)cc2F)OC(=Cc2c[nH]c3ncccc23)C1=O. The highest BCUT2D eigenvalue weighted by atomic mass is 19.1. The molecule has 3 aromatic rings. The number of H-pyrrole nitrogens is 1. The number of carbonyl (C=O) groups is 2. The number of carboxylic acid groups (broad SMARTS) is 1. The predicted molar refractivity (Wildman–Crippen MR) is 94.8 cm³/mol. The highest BCUT2D eigenvalue weighted by Gasteiger charge is 2.36. The lowest BCUT2D eigenvalue weighted by Crippen LogP contribution is -2.12. The van der Waals surface area contributed by atoms with Crippen LogP contribution in [0.2, 0.25) is 0 Å². The van der Waals surface area contributed by atoms with Gasteiger partial charge in [0.1, 0.15) is 17.3 Å². The van der Waals surface area contributed by atoms with Gasteiger partial charge in [-0.15, -0.1) is 0 Å². The van der Waals surface area contributed by atoms with Crippen molar-refractivity contribution in [2.24, 2.45) is 0 Å². The predicted octanol–water partition coefficient (Wildman–Crippen LogP) is 3.19. The molecule has 0 unspecified atom stereocenters. The summed E-state index contributed by atoms with van der Waals surface area (Å²) >= 11 is 0. The van der Waals surface area contributed by atoms with Crippen LogP contribution in [0.15, 0.2) is 59.9 Å². The van der Waals surface area contributed by atoms with E-state index in [0.29, 0.717) is 22.7 Å². The van der Waals surface area contributed by atoms with Gasteiger partial charge in [-0.2, -0.15) is 0 Å². The molecule has 0 saturated heterocycles. The first kappa shape index (κ1) is 17.4. The summed E-state index contributed by atoms with van der Waals surface area (Å²) in [5, 5.41) is 12.5. The van der Waals surface area contributed by atoms with Gasteiger partial charge in [-0.3, -0.25) is 4.79 Å². The number of benzene rings is 1. The number of hydrogen-bond acceptors (Lipinski definition) is 5. The zero-order valence-corrected chi connectivity index (χ0v) is 14.0. The van der Waals surface area contributed by atoms with E-state index in [4.69, 9.17) is 4.74 Å². The molecule has 2 aromatic heterocycles. The van der Waals surface area contributed by atoms with Gasteiger partial charge in [0.15, 0.2) is 11.3 Å². The average molecular weight is 383 g/mol. The van der Waals surface area contributed by atoms with Gasteiger partial charge in [-0.1, -0.05) is 0 Å². The maximum Gasteiger partial charge on any atom is 0.345 e. The third kappa shape index (κ3) is 2.98. The molecule has 0 fully saturated rings. The van der Waals surface area contributed by atoms with Crippen LogP contribution in [0.5, 0.6) is 0 Å². The van der Waals surface area contributed by atoms with Crippen LogP contribution in [0.25, 0.3) is 17.1 Å². The maximum absolute atomic E-state index is 13.9. The van der Waals surface area contributed by atoms with Crippen molar-refractivity contribution in [2.75, 3.05) is 5.32 Å². The molecule has 3 heterocycles.